The zero-order valence-electron chi connectivity index (χ0n) is 6.21. The molecule has 1 aliphatic rings. The monoisotopic (exact) mass is 148 g/mol. The molecule has 1 aromatic carbocycles. The highest BCUT2D eigenvalue weighted by Gasteiger charge is 2.20. The van der Waals surface area contributed by atoms with Crippen LogP contribution < -0.4 is 10.5 Å². The highest BCUT2D eigenvalue weighted by Crippen LogP contribution is 2.27. The molecule has 0 saturated carbocycles. The van der Waals surface area contributed by atoms with Crippen LogP contribution in [0, 0.1) is 0 Å². The zero-order valence-corrected chi connectivity index (χ0v) is 6.21. The van der Waals surface area contributed by atoms with Crippen LogP contribution in [0.4, 0.5) is 0 Å². The summed E-state index contributed by atoms with van der Waals surface area (Å²) in [7, 11) is 0. The standard InChI is InChI=1S/C9H10NO/c10-6-8-5-7-3-1-2-4-9(7)11-8/h1-4,8,10H,5-6H2. The lowest BCUT2D eigenvalue weighted by Crippen LogP contribution is -2.18. The van der Waals surface area contributed by atoms with Crippen LogP contribution in [-0.2, 0) is 6.42 Å². The Morgan fingerprint density at radius 3 is 3.00 bits per heavy atom. The molecule has 1 radical (unpaired) electrons. The molecule has 1 atom stereocenters. The maximum atomic E-state index is 7.15. The number of para-hydroxylation sites is 1. The molecule has 1 unspecified atom stereocenters. The topological polar surface area (TPSA) is 33.0 Å². The van der Waals surface area contributed by atoms with Crippen molar-refractivity contribution in [3.05, 3.63) is 29.8 Å². The summed E-state index contributed by atoms with van der Waals surface area (Å²) in [6, 6.07) is 8.00. The molecule has 1 aliphatic heterocycles. The van der Waals surface area contributed by atoms with Gasteiger partial charge in [0.1, 0.15) is 11.9 Å². The van der Waals surface area contributed by atoms with Gasteiger partial charge in [-0.05, 0) is 11.6 Å². The second-order valence-electron chi connectivity index (χ2n) is 2.76. The Kier molecular flexibility index (Phi) is 1.55. The second-order valence-corrected chi connectivity index (χ2v) is 2.76. The number of hydrogen-bond acceptors (Lipinski definition) is 1. The summed E-state index contributed by atoms with van der Waals surface area (Å²) in [5.41, 5.74) is 8.39. The van der Waals surface area contributed by atoms with E-state index < -0.39 is 0 Å². The van der Waals surface area contributed by atoms with Gasteiger partial charge in [-0.2, -0.15) is 0 Å². The highest BCUT2D eigenvalue weighted by atomic mass is 16.5. The van der Waals surface area contributed by atoms with Crippen LogP contribution in [0.25, 0.3) is 0 Å². The zero-order chi connectivity index (χ0) is 7.68. The van der Waals surface area contributed by atoms with Gasteiger partial charge in [-0.15, -0.1) is 0 Å². The first-order chi connectivity index (χ1) is 5.40. The van der Waals surface area contributed by atoms with Gasteiger partial charge in [-0.1, -0.05) is 18.2 Å². The van der Waals surface area contributed by atoms with Gasteiger partial charge in [0.05, 0.1) is 0 Å². The van der Waals surface area contributed by atoms with Crippen LogP contribution >= 0.6 is 0 Å². The number of fused-ring (bicyclic) bond motifs is 1. The van der Waals surface area contributed by atoms with Gasteiger partial charge in [0.25, 0.3) is 0 Å². The lowest BCUT2D eigenvalue weighted by molar-refractivity contribution is 0.239. The van der Waals surface area contributed by atoms with Crippen molar-refractivity contribution in [1.29, 1.82) is 0 Å². The van der Waals surface area contributed by atoms with Crippen molar-refractivity contribution in [1.82, 2.24) is 5.73 Å². The fourth-order valence-electron chi connectivity index (χ4n) is 1.37. The fraction of sp³-hybridized carbons (Fsp3) is 0.333. The maximum absolute atomic E-state index is 7.15. The smallest absolute Gasteiger partial charge is 0.123 e. The lowest BCUT2D eigenvalue weighted by Gasteiger charge is -2.04. The van der Waals surface area contributed by atoms with Gasteiger partial charge < -0.3 is 4.74 Å². The minimum absolute atomic E-state index is 0.0902. The van der Waals surface area contributed by atoms with E-state index in [2.05, 4.69) is 6.07 Å². The predicted molar refractivity (Wildman–Crippen MR) is 42.5 cm³/mol. The molecular formula is C9H10NO. The van der Waals surface area contributed by atoms with Crippen LogP contribution in [0.2, 0.25) is 0 Å². The summed E-state index contributed by atoms with van der Waals surface area (Å²) >= 11 is 0. The molecule has 1 aromatic rings. The van der Waals surface area contributed by atoms with E-state index in [4.69, 9.17) is 10.5 Å². The Labute approximate surface area is 66.0 Å². The molecule has 0 bridgehead atoms. The van der Waals surface area contributed by atoms with Gasteiger partial charge in [0, 0.05) is 13.0 Å². The molecular weight excluding hydrogens is 138 g/mol. The van der Waals surface area contributed by atoms with Crippen molar-refractivity contribution in [2.24, 2.45) is 0 Å². The summed E-state index contributed by atoms with van der Waals surface area (Å²) in [4.78, 5) is 0. The van der Waals surface area contributed by atoms with Gasteiger partial charge in [-0.25, -0.2) is 0 Å². The molecule has 1 heterocycles. The summed E-state index contributed by atoms with van der Waals surface area (Å²) in [6.07, 6.45) is 0.993. The maximum Gasteiger partial charge on any atom is 0.123 e. The number of hydrogen-bond donors (Lipinski definition) is 0. The third kappa shape index (κ3) is 1.10. The first-order valence-corrected chi connectivity index (χ1v) is 3.79. The quantitative estimate of drug-likeness (QED) is 0.590. The van der Waals surface area contributed by atoms with E-state index in [1.54, 1.807) is 0 Å². The molecule has 2 heteroatoms. The van der Waals surface area contributed by atoms with Crippen LogP contribution in [0.15, 0.2) is 24.3 Å². The Bertz CT molecular complexity index is 234. The number of benzene rings is 1. The predicted octanol–water partition coefficient (Wildman–Crippen LogP) is 1.27. The molecule has 0 aromatic heterocycles. The molecule has 0 saturated heterocycles. The van der Waals surface area contributed by atoms with Crippen molar-refractivity contribution in [3.63, 3.8) is 0 Å². The van der Waals surface area contributed by atoms with Gasteiger partial charge in [0.2, 0.25) is 0 Å². The Hall–Kier alpha value is -1.02. The average Bonchev–Trinajstić information content (AvgIpc) is 2.46. The Morgan fingerprint density at radius 2 is 2.27 bits per heavy atom. The molecule has 11 heavy (non-hydrogen) atoms. The highest BCUT2D eigenvalue weighted by molar-refractivity contribution is 5.37. The van der Waals surface area contributed by atoms with E-state index in [0.717, 1.165) is 12.2 Å². The van der Waals surface area contributed by atoms with Gasteiger partial charge in [-0.3, -0.25) is 5.73 Å². The Morgan fingerprint density at radius 1 is 1.45 bits per heavy atom. The van der Waals surface area contributed by atoms with E-state index >= 15 is 0 Å². The molecule has 0 spiro atoms. The van der Waals surface area contributed by atoms with Crippen LogP contribution in [0.1, 0.15) is 5.56 Å². The number of ether oxygens (including phenoxy) is 1. The molecule has 0 aliphatic carbocycles. The Balaban J connectivity index is 2.27. The molecule has 2 rings (SSSR count). The van der Waals surface area contributed by atoms with Crippen LogP contribution in [0.3, 0.4) is 0 Å². The van der Waals surface area contributed by atoms with E-state index in [-0.39, 0.29) is 6.10 Å². The minimum atomic E-state index is 0.0902. The van der Waals surface area contributed by atoms with Gasteiger partial charge >= 0.3 is 0 Å². The number of nitrogens with one attached hydrogen (secondary N) is 1. The van der Waals surface area contributed by atoms with E-state index in [9.17, 15) is 0 Å². The van der Waals surface area contributed by atoms with Crippen molar-refractivity contribution >= 4 is 0 Å². The summed E-state index contributed by atoms with van der Waals surface area (Å²) in [5, 5.41) is 0. The normalized spacial score (nSPS) is 21.0. The average molecular weight is 148 g/mol. The third-order valence-electron chi connectivity index (χ3n) is 1.94. The SMILES string of the molecule is [NH]CC1Cc2ccccc2O1. The second kappa shape index (κ2) is 2.55. The summed E-state index contributed by atoms with van der Waals surface area (Å²) in [6.45, 7) is 0.356. The van der Waals surface area contributed by atoms with Crippen molar-refractivity contribution in [2.45, 2.75) is 12.5 Å². The molecule has 2 nitrogen and oxygen atoms in total. The van der Waals surface area contributed by atoms with Crippen molar-refractivity contribution in [3.8, 4) is 5.75 Å². The number of rotatable bonds is 1. The minimum Gasteiger partial charge on any atom is -0.488 e. The molecule has 57 valence electrons. The first-order valence-electron chi connectivity index (χ1n) is 3.79. The van der Waals surface area contributed by atoms with Crippen molar-refractivity contribution < 1.29 is 4.74 Å². The van der Waals surface area contributed by atoms with Crippen LogP contribution in [0.5, 0.6) is 5.75 Å². The van der Waals surface area contributed by atoms with Crippen LogP contribution in [-0.4, -0.2) is 12.6 Å². The fourth-order valence-corrected chi connectivity index (χ4v) is 1.37. The van der Waals surface area contributed by atoms with Crippen molar-refractivity contribution in [2.75, 3.05) is 6.54 Å². The largest absolute Gasteiger partial charge is 0.488 e. The summed E-state index contributed by atoms with van der Waals surface area (Å²) < 4.78 is 5.47. The third-order valence-corrected chi connectivity index (χ3v) is 1.94. The van der Waals surface area contributed by atoms with E-state index in [1.165, 1.54) is 5.56 Å². The summed E-state index contributed by atoms with van der Waals surface area (Å²) in [5.74, 6) is 0.963. The van der Waals surface area contributed by atoms with E-state index in [1.807, 2.05) is 18.2 Å². The molecule has 0 amide bonds. The lowest BCUT2D eigenvalue weighted by atomic mass is 10.1. The van der Waals surface area contributed by atoms with E-state index in [0.29, 0.717) is 6.54 Å². The molecule has 1 N–H and O–H groups in total. The molecule has 0 fully saturated rings. The first kappa shape index (κ1) is 6.68. The van der Waals surface area contributed by atoms with Gasteiger partial charge in [0.15, 0.2) is 0 Å².